The Morgan fingerprint density at radius 3 is 2.40 bits per heavy atom. The third-order valence-corrected chi connectivity index (χ3v) is 4.57. The van der Waals surface area contributed by atoms with Gasteiger partial charge in [-0.05, 0) is 50.1 Å². The molecule has 1 aromatic carbocycles. The Labute approximate surface area is 148 Å². The predicted octanol–water partition coefficient (Wildman–Crippen LogP) is 2.21. The second-order valence-corrected chi connectivity index (χ2v) is 6.37. The first-order valence-electron chi connectivity index (χ1n) is 8.59. The number of benzene rings is 1. The molecule has 2 aromatic rings. The molecule has 0 N–H and O–H groups in total. The van der Waals surface area contributed by atoms with Crippen molar-refractivity contribution in [1.29, 1.82) is 0 Å². The van der Waals surface area contributed by atoms with Gasteiger partial charge in [-0.1, -0.05) is 6.07 Å². The van der Waals surface area contributed by atoms with Crippen LogP contribution in [0.25, 0.3) is 0 Å². The smallest absolute Gasteiger partial charge is 0.263 e. The van der Waals surface area contributed by atoms with Gasteiger partial charge in [-0.3, -0.25) is 4.79 Å². The highest BCUT2D eigenvalue weighted by atomic mass is 16.5. The van der Waals surface area contributed by atoms with Crippen LogP contribution in [-0.4, -0.2) is 53.1 Å². The van der Waals surface area contributed by atoms with Crippen LogP contribution >= 0.6 is 0 Å². The summed E-state index contributed by atoms with van der Waals surface area (Å²) in [5.41, 5.74) is 2.37. The zero-order valence-electron chi connectivity index (χ0n) is 15.0. The number of anilines is 1. The number of aryl methyl sites for hydroxylation is 2. The third-order valence-electron chi connectivity index (χ3n) is 4.57. The largest absolute Gasteiger partial charge is 0.481 e. The SMILES string of the molecule is Cc1ccc(OC(C)C(=O)N2CCN(c3ncccn3)CC2)cc1C. The highest BCUT2D eigenvalue weighted by Gasteiger charge is 2.26. The van der Waals surface area contributed by atoms with Crippen LogP contribution in [0, 0.1) is 13.8 Å². The van der Waals surface area contributed by atoms with Crippen molar-refractivity contribution in [2.45, 2.75) is 26.9 Å². The molecule has 0 aliphatic carbocycles. The van der Waals surface area contributed by atoms with Crippen LogP contribution in [0.15, 0.2) is 36.7 Å². The van der Waals surface area contributed by atoms with Crippen LogP contribution in [0.1, 0.15) is 18.1 Å². The van der Waals surface area contributed by atoms with Gasteiger partial charge in [0.1, 0.15) is 5.75 Å². The average molecular weight is 340 g/mol. The summed E-state index contributed by atoms with van der Waals surface area (Å²) < 4.78 is 5.85. The minimum Gasteiger partial charge on any atom is -0.481 e. The normalized spacial score (nSPS) is 15.8. The predicted molar refractivity (Wildman–Crippen MR) is 96.8 cm³/mol. The van der Waals surface area contributed by atoms with E-state index < -0.39 is 6.10 Å². The third kappa shape index (κ3) is 4.07. The van der Waals surface area contributed by atoms with E-state index in [2.05, 4.69) is 21.8 Å². The van der Waals surface area contributed by atoms with Crippen molar-refractivity contribution in [3.63, 3.8) is 0 Å². The fourth-order valence-electron chi connectivity index (χ4n) is 2.88. The van der Waals surface area contributed by atoms with E-state index in [1.54, 1.807) is 18.5 Å². The first-order valence-corrected chi connectivity index (χ1v) is 8.59. The van der Waals surface area contributed by atoms with Gasteiger partial charge in [0, 0.05) is 38.6 Å². The van der Waals surface area contributed by atoms with Crippen molar-refractivity contribution in [1.82, 2.24) is 14.9 Å². The van der Waals surface area contributed by atoms with E-state index in [0.29, 0.717) is 19.0 Å². The quantitative estimate of drug-likeness (QED) is 0.854. The number of ether oxygens (including phenoxy) is 1. The summed E-state index contributed by atoms with van der Waals surface area (Å²) in [6, 6.07) is 7.70. The Morgan fingerprint density at radius 1 is 1.08 bits per heavy atom. The van der Waals surface area contributed by atoms with Crippen molar-refractivity contribution in [2.75, 3.05) is 31.1 Å². The molecule has 2 heterocycles. The minimum absolute atomic E-state index is 0.0202. The second kappa shape index (κ2) is 7.51. The molecule has 1 amide bonds. The number of hydrogen-bond acceptors (Lipinski definition) is 5. The Bertz CT molecular complexity index is 727. The van der Waals surface area contributed by atoms with Gasteiger partial charge < -0.3 is 14.5 Å². The Kier molecular flexibility index (Phi) is 5.16. The fourth-order valence-corrected chi connectivity index (χ4v) is 2.88. The van der Waals surface area contributed by atoms with Crippen LogP contribution in [0.2, 0.25) is 0 Å². The summed E-state index contributed by atoms with van der Waals surface area (Å²) in [5.74, 6) is 1.47. The number of rotatable bonds is 4. The lowest BCUT2D eigenvalue weighted by Gasteiger charge is -2.35. The summed E-state index contributed by atoms with van der Waals surface area (Å²) in [6.07, 6.45) is 2.97. The monoisotopic (exact) mass is 340 g/mol. The van der Waals surface area contributed by atoms with Crippen LogP contribution in [-0.2, 0) is 4.79 Å². The summed E-state index contributed by atoms with van der Waals surface area (Å²) in [5, 5.41) is 0. The second-order valence-electron chi connectivity index (χ2n) is 6.37. The molecule has 25 heavy (non-hydrogen) atoms. The van der Waals surface area contributed by atoms with Gasteiger partial charge in [0.2, 0.25) is 5.95 Å². The number of amides is 1. The van der Waals surface area contributed by atoms with Gasteiger partial charge in [0.25, 0.3) is 5.91 Å². The summed E-state index contributed by atoms with van der Waals surface area (Å²) in [7, 11) is 0. The van der Waals surface area contributed by atoms with E-state index in [1.807, 2.05) is 36.9 Å². The van der Waals surface area contributed by atoms with Crippen molar-refractivity contribution in [3.05, 3.63) is 47.8 Å². The summed E-state index contributed by atoms with van der Waals surface area (Å²) >= 11 is 0. The molecule has 1 saturated heterocycles. The maximum absolute atomic E-state index is 12.6. The molecular formula is C19H24N4O2. The van der Waals surface area contributed by atoms with Crippen LogP contribution < -0.4 is 9.64 Å². The molecule has 1 aliphatic rings. The van der Waals surface area contributed by atoms with E-state index in [0.717, 1.165) is 24.4 Å². The molecule has 1 aromatic heterocycles. The molecule has 0 saturated carbocycles. The molecule has 1 aliphatic heterocycles. The van der Waals surface area contributed by atoms with E-state index >= 15 is 0 Å². The van der Waals surface area contributed by atoms with Crippen molar-refractivity contribution < 1.29 is 9.53 Å². The first-order chi connectivity index (χ1) is 12.0. The van der Waals surface area contributed by atoms with Crippen LogP contribution in [0.3, 0.4) is 0 Å². The lowest BCUT2D eigenvalue weighted by atomic mass is 10.1. The van der Waals surface area contributed by atoms with Crippen molar-refractivity contribution >= 4 is 11.9 Å². The molecule has 0 bridgehead atoms. The lowest BCUT2D eigenvalue weighted by Crippen LogP contribution is -2.52. The molecule has 6 heteroatoms. The lowest BCUT2D eigenvalue weighted by molar-refractivity contribution is -0.138. The van der Waals surface area contributed by atoms with Crippen LogP contribution in [0.4, 0.5) is 5.95 Å². The highest BCUT2D eigenvalue weighted by molar-refractivity contribution is 5.81. The maximum atomic E-state index is 12.6. The van der Waals surface area contributed by atoms with Crippen LogP contribution in [0.5, 0.6) is 5.75 Å². The summed E-state index contributed by atoms with van der Waals surface area (Å²) in [6.45, 7) is 8.67. The van der Waals surface area contributed by atoms with E-state index in [9.17, 15) is 4.79 Å². The number of carbonyl (C=O) groups is 1. The van der Waals surface area contributed by atoms with Gasteiger partial charge >= 0.3 is 0 Å². The zero-order valence-corrected chi connectivity index (χ0v) is 15.0. The molecule has 0 radical (unpaired) electrons. The van der Waals surface area contributed by atoms with Gasteiger partial charge in [-0.25, -0.2) is 9.97 Å². The number of aromatic nitrogens is 2. The summed E-state index contributed by atoms with van der Waals surface area (Å²) in [4.78, 5) is 25.1. The van der Waals surface area contributed by atoms with Gasteiger partial charge in [-0.15, -0.1) is 0 Å². The molecule has 6 nitrogen and oxygen atoms in total. The van der Waals surface area contributed by atoms with E-state index in [-0.39, 0.29) is 5.91 Å². The van der Waals surface area contributed by atoms with Gasteiger partial charge in [0.15, 0.2) is 6.10 Å². The van der Waals surface area contributed by atoms with E-state index in [4.69, 9.17) is 4.74 Å². The van der Waals surface area contributed by atoms with Gasteiger partial charge in [-0.2, -0.15) is 0 Å². The molecule has 132 valence electrons. The molecule has 1 atom stereocenters. The molecule has 1 unspecified atom stereocenters. The Balaban J connectivity index is 1.55. The number of carbonyl (C=O) groups excluding carboxylic acids is 1. The molecule has 1 fully saturated rings. The minimum atomic E-state index is -0.498. The topological polar surface area (TPSA) is 58.6 Å². The number of hydrogen-bond donors (Lipinski definition) is 0. The first kappa shape index (κ1) is 17.2. The Hall–Kier alpha value is -2.63. The number of nitrogens with zero attached hydrogens (tertiary/aromatic N) is 4. The number of piperazine rings is 1. The fraction of sp³-hybridized carbons (Fsp3) is 0.421. The average Bonchev–Trinajstić information content (AvgIpc) is 2.65. The molecule has 0 spiro atoms. The molecular weight excluding hydrogens is 316 g/mol. The standard InChI is InChI=1S/C19H24N4O2/c1-14-5-6-17(13-15(14)2)25-16(3)18(24)22-9-11-23(12-10-22)19-20-7-4-8-21-19/h4-8,13,16H,9-12H2,1-3H3. The maximum Gasteiger partial charge on any atom is 0.263 e. The molecule has 3 rings (SSSR count). The zero-order chi connectivity index (χ0) is 17.8. The van der Waals surface area contributed by atoms with Crippen molar-refractivity contribution in [2.24, 2.45) is 0 Å². The Morgan fingerprint density at radius 2 is 1.76 bits per heavy atom. The van der Waals surface area contributed by atoms with Crippen molar-refractivity contribution in [3.8, 4) is 5.75 Å². The highest BCUT2D eigenvalue weighted by Crippen LogP contribution is 2.19. The van der Waals surface area contributed by atoms with E-state index in [1.165, 1.54) is 5.56 Å². The van der Waals surface area contributed by atoms with Gasteiger partial charge in [0.05, 0.1) is 0 Å².